The van der Waals surface area contributed by atoms with Crippen LogP contribution in [0.4, 0.5) is 0 Å². The van der Waals surface area contributed by atoms with E-state index in [2.05, 4.69) is 52.0 Å². The second-order valence-corrected chi connectivity index (χ2v) is 13.7. The number of hydrogen-bond donors (Lipinski definition) is 0. The zero-order chi connectivity index (χ0) is 14.5. The van der Waals surface area contributed by atoms with Crippen LogP contribution in [-0.2, 0) is 16.6 Å². The van der Waals surface area contributed by atoms with Crippen LogP contribution in [0.25, 0.3) is 0 Å². The minimum atomic E-state index is -2.12. The summed E-state index contributed by atoms with van der Waals surface area (Å²) in [5.74, 6) is 0. The van der Waals surface area contributed by atoms with Gasteiger partial charge in [0.15, 0.2) is 0 Å². The van der Waals surface area contributed by atoms with Gasteiger partial charge in [0.1, 0.15) is 0 Å². The second kappa shape index (κ2) is 4.90. The van der Waals surface area contributed by atoms with E-state index in [0.29, 0.717) is 0 Å². The summed E-state index contributed by atoms with van der Waals surface area (Å²) in [5.41, 5.74) is 9.72. The Bertz CT molecular complexity index is 512. The predicted molar refractivity (Wildman–Crippen MR) is 83.1 cm³/mol. The molecule has 104 valence electrons. The quantitative estimate of drug-likeness (QED) is 0.526. The Morgan fingerprint density at radius 3 is 1.11 bits per heavy atom. The molecule has 1 heteroatoms. The van der Waals surface area contributed by atoms with Crippen LogP contribution < -0.4 is 0 Å². The summed E-state index contributed by atoms with van der Waals surface area (Å²) in [7, 11) is 0. The molecule has 0 spiro atoms. The summed E-state index contributed by atoms with van der Waals surface area (Å²) in [6, 6.07) is 0. The van der Waals surface area contributed by atoms with Crippen LogP contribution in [0.2, 0.25) is 10.5 Å². The van der Waals surface area contributed by atoms with Crippen molar-refractivity contribution in [1.29, 1.82) is 0 Å². The van der Waals surface area contributed by atoms with Gasteiger partial charge >= 0.3 is 123 Å². The van der Waals surface area contributed by atoms with Gasteiger partial charge < -0.3 is 0 Å². The van der Waals surface area contributed by atoms with Gasteiger partial charge in [0.05, 0.1) is 0 Å². The zero-order valence-electron chi connectivity index (χ0n) is 13.9. The van der Waals surface area contributed by atoms with Crippen LogP contribution >= 0.6 is 0 Å². The molecule has 0 bridgehead atoms. The van der Waals surface area contributed by atoms with Gasteiger partial charge in [0.2, 0.25) is 0 Å². The van der Waals surface area contributed by atoms with Crippen molar-refractivity contribution in [1.82, 2.24) is 0 Å². The van der Waals surface area contributed by atoms with Crippen LogP contribution in [0.1, 0.15) is 54.4 Å². The van der Waals surface area contributed by atoms with E-state index in [1.54, 1.807) is 41.2 Å². The van der Waals surface area contributed by atoms with Crippen molar-refractivity contribution in [3.8, 4) is 0 Å². The van der Waals surface area contributed by atoms with E-state index in [1.807, 2.05) is 0 Å². The molecule has 19 heavy (non-hydrogen) atoms. The third-order valence-electron chi connectivity index (χ3n) is 5.19. The van der Waals surface area contributed by atoms with Crippen molar-refractivity contribution in [2.45, 2.75) is 64.8 Å². The molecule has 2 rings (SSSR count). The van der Waals surface area contributed by atoms with Gasteiger partial charge in [-0.15, -0.1) is 0 Å². The predicted octanol–water partition coefficient (Wildman–Crippen LogP) is 6.26. The number of rotatable bonds is 2. The first-order valence-electron chi connectivity index (χ1n) is 7.41. The van der Waals surface area contributed by atoms with Crippen LogP contribution in [0.3, 0.4) is 0 Å². The molecule has 0 fully saturated rings. The molecular formula is C18H28Ti. The van der Waals surface area contributed by atoms with Gasteiger partial charge in [-0.25, -0.2) is 0 Å². The Morgan fingerprint density at radius 2 is 0.895 bits per heavy atom. The van der Waals surface area contributed by atoms with E-state index in [4.69, 9.17) is 0 Å². The molecule has 0 saturated heterocycles. The van der Waals surface area contributed by atoms with E-state index in [-0.39, 0.29) is 0 Å². The van der Waals surface area contributed by atoms with Gasteiger partial charge in [0, 0.05) is 0 Å². The third kappa shape index (κ3) is 2.28. The molecule has 0 aliphatic heterocycles. The molecule has 0 unspecified atom stereocenters. The molecule has 0 aromatic carbocycles. The van der Waals surface area contributed by atoms with Gasteiger partial charge in [-0.1, -0.05) is 0 Å². The average molecular weight is 292 g/mol. The van der Waals surface area contributed by atoms with E-state index in [1.165, 1.54) is 12.8 Å². The molecule has 0 heterocycles. The van der Waals surface area contributed by atoms with Crippen molar-refractivity contribution in [3.05, 3.63) is 41.2 Å². The standard InChI is InChI=1S/2C8H11.2CH3.Ti/c2*1-6-4-7(2)8(3)5-6;;;/h2*4H2,1-3H3;2*1H3;. The van der Waals surface area contributed by atoms with E-state index in [0.717, 1.165) is 0 Å². The van der Waals surface area contributed by atoms with Crippen LogP contribution in [0.15, 0.2) is 41.2 Å². The molecule has 0 aromatic rings. The summed E-state index contributed by atoms with van der Waals surface area (Å²) in [6.07, 6.45) is 2.42. The summed E-state index contributed by atoms with van der Waals surface area (Å²) in [6.45, 7) is 14.1. The van der Waals surface area contributed by atoms with Crippen molar-refractivity contribution < 1.29 is 16.6 Å². The SMILES string of the molecule is CC1=C(C)[C]([Ti]([CH3])([CH3])[C]2=C(C)CC(C)=C2C)=C(C)C1. The molecule has 0 N–H and O–H groups in total. The molecule has 0 nitrogen and oxygen atoms in total. The van der Waals surface area contributed by atoms with E-state index < -0.39 is 16.6 Å². The second-order valence-electron chi connectivity index (χ2n) is 7.10. The Balaban J connectivity index is 2.57. The number of hydrogen-bond acceptors (Lipinski definition) is 0. The molecular weight excluding hydrogens is 264 g/mol. The van der Waals surface area contributed by atoms with E-state index >= 15 is 0 Å². The van der Waals surface area contributed by atoms with Crippen LogP contribution in [0.5, 0.6) is 0 Å². The van der Waals surface area contributed by atoms with Crippen LogP contribution in [0, 0.1) is 0 Å². The van der Waals surface area contributed by atoms with Gasteiger partial charge in [-0.2, -0.15) is 0 Å². The van der Waals surface area contributed by atoms with Crippen molar-refractivity contribution in [2.75, 3.05) is 0 Å². The first-order chi connectivity index (χ1) is 8.67. The van der Waals surface area contributed by atoms with E-state index in [9.17, 15) is 0 Å². The molecule has 2 aliphatic rings. The Kier molecular flexibility index (Phi) is 3.89. The fourth-order valence-corrected chi connectivity index (χ4v) is 12.0. The Morgan fingerprint density at radius 1 is 0.579 bits per heavy atom. The minimum absolute atomic E-state index is 1.21. The summed E-state index contributed by atoms with van der Waals surface area (Å²) in [5, 5.41) is 5.20. The summed E-state index contributed by atoms with van der Waals surface area (Å²) >= 11 is -2.12. The Labute approximate surface area is 122 Å². The molecule has 0 aromatic heterocycles. The maximum atomic E-state index is 2.60. The molecule has 0 amide bonds. The third-order valence-corrected chi connectivity index (χ3v) is 11.6. The molecule has 0 saturated carbocycles. The topological polar surface area (TPSA) is 0 Å². The monoisotopic (exact) mass is 292 g/mol. The van der Waals surface area contributed by atoms with Crippen LogP contribution in [-0.4, -0.2) is 0 Å². The van der Waals surface area contributed by atoms with Gasteiger partial charge in [-0.3, -0.25) is 0 Å². The molecule has 0 atom stereocenters. The van der Waals surface area contributed by atoms with Crippen molar-refractivity contribution >= 4 is 0 Å². The number of allylic oxidation sites excluding steroid dienone is 8. The molecule has 2 aliphatic carbocycles. The van der Waals surface area contributed by atoms with Crippen molar-refractivity contribution in [3.63, 3.8) is 0 Å². The van der Waals surface area contributed by atoms with Crippen molar-refractivity contribution in [2.24, 2.45) is 0 Å². The fourth-order valence-electron chi connectivity index (χ4n) is 4.43. The maximum absolute atomic E-state index is 2.60. The summed E-state index contributed by atoms with van der Waals surface area (Å²) in [4.78, 5) is 0. The Hall–Kier alpha value is -0.326. The summed E-state index contributed by atoms with van der Waals surface area (Å²) < 4.78 is 3.56. The first kappa shape index (κ1) is 15.1. The normalized spacial score (nSPS) is 21.5. The first-order valence-corrected chi connectivity index (χ1v) is 12.1. The van der Waals surface area contributed by atoms with Gasteiger partial charge in [-0.05, 0) is 0 Å². The molecule has 0 radical (unpaired) electrons. The average Bonchev–Trinajstić information content (AvgIpc) is 2.66. The zero-order valence-corrected chi connectivity index (χ0v) is 15.5. The van der Waals surface area contributed by atoms with Gasteiger partial charge in [0.25, 0.3) is 0 Å². The fraction of sp³-hybridized carbons (Fsp3) is 0.556.